The summed E-state index contributed by atoms with van der Waals surface area (Å²) in [5.74, 6) is 0.976. The van der Waals surface area contributed by atoms with Crippen molar-refractivity contribution in [3.05, 3.63) is 21.5 Å². The van der Waals surface area contributed by atoms with Gasteiger partial charge in [-0.3, -0.25) is 5.10 Å². The Balaban J connectivity index is 2.53. The van der Waals surface area contributed by atoms with Crippen LogP contribution in [0.15, 0.2) is 15.9 Å². The van der Waals surface area contributed by atoms with E-state index in [4.69, 9.17) is 5.73 Å². The van der Waals surface area contributed by atoms with Crippen molar-refractivity contribution in [2.75, 3.05) is 5.73 Å². The van der Waals surface area contributed by atoms with Gasteiger partial charge in [-0.2, -0.15) is 5.10 Å². The molecule has 0 fully saturated rings. The van der Waals surface area contributed by atoms with E-state index in [9.17, 15) is 0 Å². The van der Waals surface area contributed by atoms with Crippen molar-refractivity contribution in [2.24, 2.45) is 0 Å². The van der Waals surface area contributed by atoms with Gasteiger partial charge >= 0.3 is 0 Å². The van der Waals surface area contributed by atoms with E-state index in [1.54, 1.807) is 11.3 Å². The van der Waals surface area contributed by atoms with Crippen LogP contribution in [0, 0.1) is 0 Å². The average Bonchev–Trinajstić information content (AvgIpc) is 2.71. The zero-order chi connectivity index (χ0) is 11.0. The van der Waals surface area contributed by atoms with Crippen LogP contribution in [0.25, 0.3) is 10.6 Å². The standard InChI is InChI=1S/C10H12BrN3S/c1-5(2)8-9(13-14-10(8)12)6-3-4-7(11)15-6/h3-5H,1-2H3,(H3,12,13,14). The predicted molar refractivity (Wildman–Crippen MR) is 68.1 cm³/mol. The van der Waals surface area contributed by atoms with Gasteiger partial charge in [0.1, 0.15) is 5.82 Å². The van der Waals surface area contributed by atoms with Crippen molar-refractivity contribution in [1.82, 2.24) is 10.2 Å². The molecule has 5 heteroatoms. The highest BCUT2D eigenvalue weighted by Crippen LogP contribution is 2.36. The van der Waals surface area contributed by atoms with Gasteiger partial charge in [0.15, 0.2) is 0 Å². The summed E-state index contributed by atoms with van der Waals surface area (Å²) >= 11 is 5.13. The normalized spacial score (nSPS) is 11.2. The largest absolute Gasteiger partial charge is 0.382 e. The molecule has 0 aliphatic heterocycles. The van der Waals surface area contributed by atoms with E-state index < -0.39 is 0 Å². The van der Waals surface area contributed by atoms with Crippen LogP contribution in [0.5, 0.6) is 0 Å². The van der Waals surface area contributed by atoms with Crippen LogP contribution < -0.4 is 5.73 Å². The lowest BCUT2D eigenvalue weighted by molar-refractivity contribution is 0.873. The second kappa shape index (κ2) is 3.98. The van der Waals surface area contributed by atoms with E-state index in [1.165, 1.54) is 0 Å². The van der Waals surface area contributed by atoms with Crippen LogP contribution in [0.2, 0.25) is 0 Å². The molecular weight excluding hydrogens is 274 g/mol. The fourth-order valence-electron chi connectivity index (χ4n) is 1.59. The smallest absolute Gasteiger partial charge is 0.149 e. The lowest BCUT2D eigenvalue weighted by Gasteiger charge is -2.05. The number of anilines is 1. The Kier molecular flexibility index (Phi) is 2.84. The number of nitrogens with two attached hydrogens (primary N) is 1. The summed E-state index contributed by atoms with van der Waals surface area (Å²) in [6.45, 7) is 4.24. The molecule has 15 heavy (non-hydrogen) atoms. The molecule has 0 bridgehead atoms. The minimum Gasteiger partial charge on any atom is -0.382 e. The molecule has 0 aliphatic rings. The zero-order valence-corrected chi connectivity index (χ0v) is 10.9. The number of hydrogen-bond donors (Lipinski definition) is 2. The molecule has 3 N–H and O–H groups in total. The van der Waals surface area contributed by atoms with E-state index in [-0.39, 0.29) is 0 Å². The Labute approximate surface area is 101 Å². The SMILES string of the molecule is CC(C)c1c(N)n[nH]c1-c1ccc(Br)s1. The van der Waals surface area contributed by atoms with Gasteiger partial charge in [-0.1, -0.05) is 13.8 Å². The molecule has 0 unspecified atom stereocenters. The Morgan fingerprint density at radius 1 is 1.47 bits per heavy atom. The molecule has 80 valence electrons. The second-order valence-corrected chi connectivity index (χ2v) is 6.12. The molecule has 0 aliphatic carbocycles. The number of nitrogens with one attached hydrogen (secondary N) is 1. The number of H-pyrrole nitrogens is 1. The minimum absolute atomic E-state index is 0.375. The number of nitrogen functional groups attached to an aromatic ring is 1. The van der Waals surface area contributed by atoms with E-state index in [1.807, 2.05) is 6.07 Å². The first kappa shape index (κ1) is 10.7. The number of aromatic amines is 1. The third kappa shape index (κ3) is 1.94. The number of hydrogen-bond acceptors (Lipinski definition) is 3. The summed E-state index contributed by atoms with van der Waals surface area (Å²) in [5.41, 5.74) is 7.98. The topological polar surface area (TPSA) is 54.7 Å². The van der Waals surface area contributed by atoms with Gasteiger partial charge in [-0.05, 0) is 34.0 Å². The van der Waals surface area contributed by atoms with Crippen LogP contribution in [0.3, 0.4) is 0 Å². The quantitative estimate of drug-likeness (QED) is 0.886. The van der Waals surface area contributed by atoms with Gasteiger partial charge < -0.3 is 5.73 Å². The van der Waals surface area contributed by atoms with Gasteiger partial charge in [-0.25, -0.2) is 0 Å². The van der Waals surface area contributed by atoms with Gasteiger partial charge in [0, 0.05) is 5.56 Å². The van der Waals surface area contributed by atoms with Crippen LogP contribution in [-0.4, -0.2) is 10.2 Å². The Morgan fingerprint density at radius 2 is 2.20 bits per heavy atom. The van der Waals surface area contributed by atoms with Gasteiger partial charge in [0.2, 0.25) is 0 Å². The molecule has 0 amide bonds. The predicted octanol–water partition coefficient (Wildman–Crippen LogP) is 3.61. The van der Waals surface area contributed by atoms with Gasteiger partial charge in [0.05, 0.1) is 14.4 Å². The van der Waals surface area contributed by atoms with Crippen molar-refractivity contribution in [1.29, 1.82) is 0 Å². The van der Waals surface area contributed by atoms with Crippen LogP contribution in [0.1, 0.15) is 25.3 Å². The second-order valence-electron chi connectivity index (χ2n) is 3.66. The van der Waals surface area contributed by atoms with Gasteiger partial charge in [0.25, 0.3) is 0 Å². The summed E-state index contributed by atoms with van der Waals surface area (Å²) in [6, 6.07) is 4.09. The molecule has 2 rings (SSSR count). The van der Waals surface area contributed by atoms with Crippen LogP contribution in [-0.2, 0) is 0 Å². The highest BCUT2D eigenvalue weighted by Gasteiger charge is 2.16. The van der Waals surface area contributed by atoms with Crippen molar-refractivity contribution in [3.8, 4) is 10.6 Å². The van der Waals surface area contributed by atoms with Crippen LogP contribution in [0.4, 0.5) is 5.82 Å². The highest BCUT2D eigenvalue weighted by atomic mass is 79.9. The average molecular weight is 286 g/mol. The molecule has 0 aromatic carbocycles. The first-order valence-electron chi connectivity index (χ1n) is 4.69. The number of nitrogens with zero attached hydrogens (tertiary/aromatic N) is 1. The fraction of sp³-hybridized carbons (Fsp3) is 0.300. The molecule has 0 radical (unpaired) electrons. The first-order chi connectivity index (χ1) is 7.09. The van der Waals surface area contributed by atoms with E-state index in [0.717, 1.165) is 19.9 Å². The third-order valence-corrected chi connectivity index (χ3v) is 3.87. The fourth-order valence-corrected chi connectivity index (χ4v) is 2.98. The van der Waals surface area contributed by atoms with Gasteiger partial charge in [-0.15, -0.1) is 11.3 Å². The van der Waals surface area contributed by atoms with Crippen molar-refractivity contribution in [2.45, 2.75) is 19.8 Å². The van der Waals surface area contributed by atoms with E-state index in [0.29, 0.717) is 11.7 Å². The molecule has 3 nitrogen and oxygen atoms in total. The summed E-state index contributed by atoms with van der Waals surface area (Å²) in [7, 11) is 0. The summed E-state index contributed by atoms with van der Waals surface area (Å²) in [5, 5.41) is 7.07. The molecule has 2 aromatic heterocycles. The monoisotopic (exact) mass is 285 g/mol. The number of rotatable bonds is 2. The third-order valence-electron chi connectivity index (χ3n) is 2.23. The maximum atomic E-state index is 5.84. The highest BCUT2D eigenvalue weighted by molar-refractivity contribution is 9.11. The van der Waals surface area contributed by atoms with E-state index >= 15 is 0 Å². The minimum atomic E-state index is 0.375. The Bertz CT molecular complexity index is 473. The van der Waals surface area contributed by atoms with Crippen molar-refractivity contribution >= 4 is 33.1 Å². The molecule has 0 saturated heterocycles. The summed E-state index contributed by atoms with van der Waals surface area (Å²) < 4.78 is 1.11. The Hall–Kier alpha value is -0.810. The summed E-state index contributed by atoms with van der Waals surface area (Å²) in [4.78, 5) is 1.16. The van der Waals surface area contributed by atoms with E-state index in [2.05, 4.69) is 46.0 Å². The maximum Gasteiger partial charge on any atom is 0.149 e. The molecule has 0 saturated carbocycles. The van der Waals surface area contributed by atoms with Crippen LogP contribution >= 0.6 is 27.3 Å². The molecule has 0 atom stereocenters. The molecular formula is C10H12BrN3S. The Morgan fingerprint density at radius 3 is 2.73 bits per heavy atom. The summed E-state index contributed by atoms with van der Waals surface area (Å²) in [6.07, 6.45) is 0. The molecule has 2 aromatic rings. The molecule has 0 spiro atoms. The van der Waals surface area contributed by atoms with Crippen molar-refractivity contribution < 1.29 is 0 Å². The maximum absolute atomic E-state index is 5.84. The lowest BCUT2D eigenvalue weighted by atomic mass is 10.0. The number of thiophene rings is 1. The number of aromatic nitrogens is 2. The first-order valence-corrected chi connectivity index (χ1v) is 6.30. The number of halogens is 1. The van der Waals surface area contributed by atoms with Crippen molar-refractivity contribution in [3.63, 3.8) is 0 Å². The lowest BCUT2D eigenvalue weighted by Crippen LogP contribution is -1.94. The molecule has 2 heterocycles. The zero-order valence-electron chi connectivity index (χ0n) is 8.54.